The molecule has 2 aromatic rings. The lowest BCUT2D eigenvalue weighted by molar-refractivity contribution is -0.152. The van der Waals surface area contributed by atoms with E-state index in [9.17, 15) is 9.59 Å². The first-order valence-electron chi connectivity index (χ1n) is 9.18. The molecule has 0 heterocycles. The van der Waals surface area contributed by atoms with Crippen LogP contribution in [0, 0.1) is 6.92 Å². The molecule has 0 saturated carbocycles. The van der Waals surface area contributed by atoms with Gasteiger partial charge in [0.25, 0.3) is 5.91 Å². The van der Waals surface area contributed by atoms with E-state index in [1.54, 1.807) is 6.92 Å². The van der Waals surface area contributed by atoms with Gasteiger partial charge in [0.15, 0.2) is 6.10 Å². The fourth-order valence-electron chi connectivity index (χ4n) is 2.60. The highest BCUT2D eigenvalue weighted by molar-refractivity contribution is 8.00. The van der Waals surface area contributed by atoms with Crippen molar-refractivity contribution in [3.8, 4) is 0 Å². The molecule has 2 atom stereocenters. The Morgan fingerprint density at radius 3 is 2.41 bits per heavy atom. The van der Waals surface area contributed by atoms with Gasteiger partial charge in [-0.15, -0.1) is 11.8 Å². The first-order valence-corrected chi connectivity index (χ1v) is 10.2. The predicted molar refractivity (Wildman–Crippen MR) is 110 cm³/mol. The van der Waals surface area contributed by atoms with Crippen molar-refractivity contribution in [3.05, 3.63) is 65.7 Å². The minimum Gasteiger partial charge on any atom is -0.452 e. The van der Waals surface area contributed by atoms with Crippen LogP contribution in [0.25, 0.3) is 0 Å². The molecule has 0 bridgehead atoms. The van der Waals surface area contributed by atoms with Crippen molar-refractivity contribution in [3.63, 3.8) is 0 Å². The average Bonchev–Trinajstić information content (AvgIpc) is 2.66. The highest BCUT2D eigenvalue weighted by atomic mass is 32.2. The average molecular weight is 386 g/mol. The summed E-state index contributed by atoms with van der Waals surface area (Å²) in [4.78, 5) is 25.3. The first kappa shape index (κ1) is 21.0. The number of amides is 1. The largest absolute Gasteiger partial charge is 0.452 e. The molecule has 0 aliphatic heterocycles. The Hall–Kier alpha value is -2.27. The Labute approximate surface area is 165 Å². The summed E-state index contributed by atoms with van der Waals surface area (Å²) in [6.45, 7) is 5.57. The van der Waals surface area contributed by atoms with Crippen molar-refractivity contribution in [2.75, 3.05) is 5.75 Å². The van der Waals surface area contributed by atoms with Crippen LogP contribution in [0.3, 0.4) is 0 Å². The Morgan fingerprint density at radius 2 is 1.70 bits per heavy atom. The van der Waals surface area contributed by atoms with Gasteiger partial charge < -0.3 is 10.1 Å². The second-order valence-electron chi connectivity index (χ2n) is 6.62. The lowest BCUT2D eigenvalue weighted by Crippen LogP contribution is -2.41. The summed E-state index contributed by atoms with van der Waals surface area (Å²) >= 11 is 1.42. The topological polar surface area (TPSA) is 55.4 Å². The van der Waals surface area contributed by atoms with Crippen molar-refractivity contribution in [1.29, 1.82) is 0 Å². The molecule has 0 aliphatic rings. The minimum atomic E-state index is -0.797. The lowest BCUT2D eigenvalue weighted by Gasteiger charge is -2.18. The van der Waals surface area contributed by atoms with E-state index in [4.69, 9.17) is 4.74 Å². The van der Waals surface area contributed by atoms with Crippen LogP contribution in [0.15, 0.2) is 59.5 Å². The quantitative estimate of drug-likeness (QED) is 0.520. The number of aryl methyl sites for hydroxylation is 2. The van der Waals surface area contributed by atoms with Gasteiger partial charge in [-0.25, -0.2) is 0 Å². The summed E-state index contributed by atoms with van der Waals surface area (Å²) in [6.07, 6.45) is 0.928. The van der Waals surface area contributed by atoms with E-state index in [0.717, 1.165) is 23.3 Å². The van der Waals surface area contributed by atoms with Crippen LogP contribution in [-0.4, -0.2) is 29.8 Å². The zero-order valence-electron chi connectivity index (χ0n) is 16.1. The second-order valence-corrected chi connectivity index (χ2v) is 7.64. The molecule has 0 fully saturated rings. The summed E-state index contributed by atoms with van der Waals surface area (Å²) in [6, 6.07) is 18.0. The zero-order chi connectivity index (χ0) is 19.6. The summed E-state index contributed by atoms with van der Waals surface area (Å²) in [5.41, 5.74) is 2.36. The summed E-state index contributed by atoms with van der Waals surface area (Å²) in [5, 5.41) is 2.92. The molecule has 0 radical (unpaired) electrons. The Bertz CT molecular complexity index is 748. The molecule has 0 aliphatic carbocycles. The summed E-state index contributed by atoms with van der Waals surface area (Å²) < 4.78 is 5.27. The number of thioether (sulfide) groups is 1. The standard InChI is InChI=1S/C22H27NO3S/c1-16-9-7-8-12-20(16)27-15-21(24)26-18(3)22(25)23-17(2)13-14-19-10-5-4-6-11-19/h4-12,17-18H,13-15H2,1-3H3,(H,23,25)/t17-,18-/m1/s1. The van der Waals surface area contributed by atoms with Gasteiger partial charge in [-0.1, -0.05) is 48.5 Å². The third-order valence-electron chi connectivity index (χ3n) is 4.21. The Balaban J connectivity index is 1.70. The van der Waals surface area contributed by atoms with Gasteiger partial charge in [0.05, 0.1) is 5.75 Å². The Morgan fingerprint density at radius 1 is 1.04 bits per heavy atom. The van der Waals surface area contributed by atoms with Crippen LogP contribution in [0.1, 0.15) is 31.4 Å². The van der Waals surface area contributed by atoms with Crippen molar-refractivity contribution < 1.29 is 14.3 Å². The number of esters is 1. The molecule has 4 nitrogen and oxygen atoms in total. The highest BCUT2D eigenvalue weighted by Gasteiger charge is 2.19. The van der Waals surface area contributed by atoms with Crippen molar-refractivity contribution in [1.82, 2.24) is 5.32 Å². The number of nitrogens with one attached hydrogen (secondary N) is 1. The smallest absolute Gasteiger partial charge is 0.317 e. The number of hydrogen-bond acceptors (Lipinski definition) is 4. The van der Waals surface area contributed by atoms with Crippen molar-refractivity contribution in [2.24, 2.45) is 0 Å². The highest BCUT2D eigenvalue weighted by Crippen LogP contribution is 2.21. The van der Waals surface area contributed by atoms with E-state index in [0.29, 0.717) is 0 Å². The lowest BCUT2D eigenvalue weighted by atomic mass is 10.1. The molecule has 144 valence electrons. The monoisotopic (exact) mass is 385 g/mol. The van der Waals surface area contributed by atoms with Crippen LogP contribution < -0.4 is 5.32 Å². The molecule has 5 heteroatoms. The number of benzene rings is 2. The van der Waals surface area contributed by atoms with E-state index in [1.807, 2.05) is 56.3 Å². The van der Waals surface area contributed by atoms with E-state index in [2.05, 4.69) is 17.4 Å². The van der Waals surface area contributed by atoms with Crippen LogP contribution in [-0.2, 0) is 20.7 Å². The molecule has 0 unspecified atom stereocenters. The third kappa shape index (κ3) is 7.47. The number of carbonyl (C=O) groups is 2. The molecule has 0 aromatic heterocycles. The first-order chi connectivity index (χ1) is 13.0. The normalized spacial score (nSPS) is 12.9. The second kappa shape index (κ2) is 10.8. The van der Waals surface area contributed by atoms with Crippen LogP contribution in [0.5, 0.6) is 0 Å². The van der Waals surface area contributed by atoms with E-state index in [-0.39, 0.29) is 23.7 Å². The molecule has 2 aromatic carbocycles. The van der Waals surface area contributed by atoms with Crippen LogP contribution >= 0.6 is 11.8 Å². The SMILES string of the molecule is Cc1ccccc1SCC(=O)O[C@H](C)C(=O)N[C@H](C)CCc1ccccc1. The third-order valence-corrected chi connectivity index (χ3v) is 5.36. The maximum Gasteiger partial charge on any atom is 0.317 e. The number of carbonyl (C=O) groups excluding carboxylic acids is 2. The van der Waals surface area contributed by atoms with E-state index in [1.165, 1.54) is 17.3 Å². The van der Waals surface area contributed by atoms with Gasteiger partial charge in [0.2, 0.25) is 0 Å². The predicted octanol–water partition coefficient (Wildman–Crippen LogP) is 4.16. The molecule has 0 saturated heterocycles. The molecule has 1 N–H and O–H groups in total. The van der Waals surface area contributed by atoms with Gasteiger partial charge in [-0.3, -0.25) is 9.59 Å². The molecule has 0 spiro atoms. The molecule has 27 heavy (non-hydrogen) atoms. The van der Waals surface area contributed by atoms with Crippen LogP contribution in [0.2, 0.25) is 0 Å². The minimum absolute atomic E-state index is 0.0141. The van der Waals surface area contributed by atoms with Gasteiger partial charge >= 0.3 is 5.97 Å². The molecule has 2 rings (SSSR count). The van der Waals surface area contributed by atoms with Gasteiger partial charge in [-0.2, -0.15) is 0 Å². The summed E-state index contributed by atoms with van der Waals surface area (Å²) in [5.74, 6) is -0.459. The molecular weight excluding hydrogens is 358 g/mol. The molecule has 1 amide bonds. The Kier molecular flexibility index (Phi) is 8.40. The number of rotatable bonds is 9. The summed E-state index contributed by atoms with van der Waals surface area (Å²) in [7, 11) is 0. The van der Waals surface area contributed by atoms with Gasteiger partial charge in [0.1, 0.15) is 0 Å². The van der Waals surface area contributed by atoms with Gasteiger partial charge in [0, 0.05) is 10.9 Å². The van der Waals surface area contributed by atoms with Gasteiger partial charge in [-0.05, 0) is 50.8 Å². The van der Waals surface area contributed by atoms with E-state index >= 15 is 0 Å². The maximum absolute atomic E-state index is 12.2. The van der Waals surface area contributed by atoms with Crippen LogP contribution in [0.4, 0.5) is 0 Å². The fourth-order valence-corrected chi connectivity index (χ4v) is 3.41. The number of ether oxygens (including phenoxy) is 1. The molecular formula is C22H27NO3S. The number of hydrogen-bond donors (Lipinski definition) is 1. The van der Waals surface area contributed by atoms with Crippen molar-refractivity contribution in [2.45, 2.75) is 50.7 Å². The fraction of sp³-hybridized carbons (Fsp3) is 0.364. The zero-order valence-corrected chi connectivity index (χ0v) is 16.9. The van der Waals surface area contributed by atoms with E-state index < -0.39 is 6.10 Å². The van der Waals surface area contributed by atoms with Crippen molar-refractivity contribution >= 4 is 23.6 Å². The maximum atomic E-state index is 12.2.